The molecule has 27 heavy (non-hydrogen) atoms. The zero-order valence-electron chi connectivity index (χ0n) is 16.2. The lowest BCUT2D eigenvalue weighted by Gasteiger charge is -2.32. The van der Waals surface area contributed by atoms with E-state index in [-0.39, 0.29) is 0 Å². The van der Waals surface area contributed by atoms with Gasteiger partial charge in [-0.05, 0) is 74.3 Å². The van der Waals surface area contributed by atoms with Crippen molar-refractivity contribution in [3.63, 3.8) is 0 Å². The highest BCUT2D eigenvalue weighted by Crippen LogP contribution is 2.25. The Labute approximate surface area is 166 Å². The highest BCUT2D eigenvalue weighted by Gasteiger charge is 2.20. The minimum Gasteiger partial charge on any atom is -0.494 e. The molecule has 2 heterocycles. The molecule has 1 fully saturated rings. The second-order valence-corrected chi connectivity index (χ2v) is 7.80. The van der Waals surface area contributed by atoms with Gasteiger partial charge in [-0.3, -0.25) is 0 Å². The van der Waals surface area contributed by atoms with Crippen LogP contribution in [0.3, 0.4) is 0 Å². The number of aryl methyl sites for hydroxylation is 2. The minimum atomic E-state index is 0.580. The van der Waals surface area contributed by atoms with Gasteiger partial charge in [-0.25, -0.2) is 9.97 Å². The van der Waals surface area contributed by atoms with Crippen LogP contribution in [0.1, 0.15) is 42.4 Å². The quantitative estimate of drug-likeness (QED) is 0.717. The number of ether oxygens (including phenoxy) is 1. The molecule has 1 aromatic carbocycles. The van der Waals surface area contributed by atoms with Gasteiger partial charge in [-0.1, -0.05) is 11.6 Å². The zero-order chi connectivity index (χ0) is 19.2. The van der Waals surface area contributed by atoms with Crippen molar-refractivity contribution in [2.75, 3.05) is 24.6 Å². The Balaban J connectivity index is 1.39. The number of piperidine rings is 1. The summed E-state index contributed by atoms with van der Waals surface area (Å²) in [4.78, 5) is 10.9. The SMILES string of the molecule is Cc1cc(OCCCC2CCN(c3ncc(Cl)cn3)CC2)cc(C)c1CN. The van der Waals surface area contributed by atoms with Gasteiger partial charge in [0.25, 0.3) is 0 Å². The Hall–Kier alpha value is -1.85. The fraction of sp³-hybridized carbons (Fsp3) is 0.524. The van der Waals surface area contributed by atoms with Crippen LogP contribution >= 0.6 is 11.6 Å². The molecule has 3 rings (SSSR count). The molecule has 5 nitrogen and oxygen atoms in total. The van der Waals surface area contributed by atoms with Crippen LogP contribution in [-0.4, -0.2) is 29.7 Å². The summed E-state index contributed by atoms with van der Waals surface area (Å²) in [6.07, 6.45) is 7.96. The van der Waals surface area contributed by atoms with Crippen LogP contribution in [0.4, 0.5) is 5.95 Å². The molecule has 0 amide bonds. The van der Waals surface area contributed by atoms with Crippen molar-refractivity contribution in [2.24, 2.45) is 11.7 Å². The molecule has 0 unspecified atom stereocenters. The maximum atomic E-state index is 5.98. The van der Waals surface area contributed by atoms with E-state index in [9.17, 15) is 0 Å². The number of nitrogens with two attached hydrogens (primary N) is 1. The van der Waals surface area contributed by atoms with Gasteiger partial charge < -0.3 is 15.4 Å². The first-order valence-electron chi connectivity index (χ1n) is 9.72. The Morgan fingerprint density at radius 3 is 2.37 bits per heavy atom. The molecule has 1 aliphatic heterocycles. The smallest absolute Gasteiger partial charge is 0.225 e. The fourth-order valence-corrected chi connectivity index (χ4v) is 3.91. The zero-order valence-corrected chi connectivity index (χ0v) is 17.0. The molecular weight excluding hydrogens is 360 g/mol. The third-order valence-electron chi connectivity index (χ3n) is 5.40. The Morgan fingerprint density at radius 1 is 1.15 bits per heavy atom. The van der Waals surface area contributed by atoms with Gasteiger partial charge in [-0.15, -0.1) is 0 Å². The number of benzene rings is 1. The predicted molar refractivity (Wildman–Crippen MR) is 111 cm³/mol. The molecule has 0 aliphatic carbocycles. The third-order valence-corrected chi connectivity index (χ3v) is 5.60. The van der Waals surface area contributed by atoms with Crippen LogP contribution in [0.15, 0.2) is 24.5 Å². The topological polar surface area (TPSA) is 64.3 Å². The Morgan fingerprint density at radius 2 is 1.78 bits per heavy atom. The van der Waals surface area contributed by atoms with Crippen molar-refractivity contribution in [2.45, 2.75) is 46.1 Å². The van der Waals surface area contributed by atoms with E-state index in [1.54, 1.807) is 12.4 Å². The average Bonchev–Trinajstić information content (AvgIpc) is 2.66. The van der Waals surface area contributed by atoms with Crippen LogP contribution in [-0.2, 0) is 6.54 Å². The first-order chi connectivity index (χ1) is 13.1. The van der Waals surface area contributed by atoms with E-state index in [0.717, 1.165) is 43.7 Å². The van der Waals surface area contributed by atoms with Crippen molar-refractivity contribution < 1.29 is 4.74 Å². The number of halogens is 1. The van der Waals surface area contributed by atoms with Crippen LogP contribution in [0.5, 0.6) is 5.75 Å². The highest BCUT2D eigenvalue weighted by atomic mass is 35.5. The Bertz CT molecular complexity index is 719. The molecule has 1 saturated heterocycles. The predicted octanol–water partition coefficient (Wildman–Crippen LogP) is 4.28. The number of hydrogen-bond donors (Lipinski definition) is 1. The molecule has 2 N–H and O–H groups in total. The number of hydrogen-bond acceptors (Lipinski definition) is 5. The first-order valence-corrected chi connectivity index (χ1v) is 10.1. The number of aromatic nitrogens is 2. The van der Waals surface area contributed by atoms with Crippen LogP contribution in [0.25, 0.3) is 0 Å². The van der Waals surface area contributed by atoms with Gasteiger partial charge in [0.2, 0.25) is 5.95 Å². The standard InChI is InChI=1S/C21H29ClN4O/c1-15-10-19(11-16(2)20(15)12-23)27-9-3-4-17-5-7-26(8-6-17)21-24-13-18(22)14-25-21/h10-11,13-14,17H,3-9,12,23H2,1-2H3. The lowest BCUT2D eigenvalue weighted by atomic mass is 9.92. The maximum absolute atomic E-state index is 5.98. The molecular formula is C21H29ClN4O. The van der Waals surface area contributed by atoms with E-state index in [1.165, 1.54) is 36.0 Å². The summed E-state index contributed by atoms with van der Waals surface area (Å²) in [6.45, 7) is 7.55. The summed E-state index contributed by atoms with van der Waals surface area (Å²) in [6, 6.07) is 4.19. The minimum absolute atomic E-state index is 0.580. The van der Waals surface area contributed by atoms with E-state index in [2.05, 4.69) is 40.8 Å². The van der Waals surface area contributed by atoms with Gasteiger partial charge in [0.1, 0.15) is 5.75 Å². The molecule has 0 saturated carbocycles. The Kier molecular flexibility index (Phi) is 6.91. The summed E-state index contributed by atoms with van der Waals surface area (Å²) >= 11 is 5.86. The van der Waals surface area contributed by atoms with E-state index < -0.39 is 0 Å². The molecule has 0 spiro atoms. The number of rotatable bonds is 7. The average molecular weight is 389 g/mol. The van der Waals surface area contributed by atoms with Crippen molar-refractivity contribution in [1.29, 1.82) is 0 Å². The molecule has 0 radical (unpaired) electrons. The fourth-order valence-electron chi connectivity index (χ4n) is 3.81. The maximum Gasteiger partial charge on any atom is 0.225 e. The molecule has 6 heteroatoms. The van der Waals surface area contributed by atoms with Crippen molar-refractivity contribution in [3.05, 3.63) is 46.2 Å². The summed E-state index contributed by atoms with van der Waals surface area (Å²) in [5.74, 6) is 2.49. The summed E-state index contributed by atoms with van der Waals surface area (Å²) in [5.41, 5.74) is 9.45. The van der Waals surface area contributed by atoms with Gasteiger partial charge in [0, 0.05) is 19.6 Å². The first kappa shape index (κ1) is 19.9. The van der Waals surface area contributed by atoms with E-state index in [1.807, 2.05) is 0 Å². The van der Waals surface area contributed by atoms with Gasteiger partial charge in [0.15, 0.2) is 0 Å². The lowest BCUT2D eigenvalue weighted by Crippen LogP contribution is -2.34. The van der Waals surface area contributed by atoms with Crippen molar-refractivity contribution in [1.82, 2.24) is 9.97 Å². The van der Waals surface area contributed by atoms with Crippen LogP contribution in [0.2, 0.25) is 5.02 Å². The lowest BCUT2D eigenvalue weighted by molar-refractivity contribution is 0.278. The number of anilines is 1. The second-order valence-electron chi connectivity index (χ2n) is 7.36. The van der Waals surface area contributed by atoms with Gasteiger partial charge in [-0.2, -0.15) is 0 Å². The molecule has 0 atom stereocenters. The van der Waals surface area contributed by atoms with Crippen molar-refractivity contribution >= 4 is 17.5 Å². The van der Waals surface area contributed by atoms with Gasteiger partial charge >= 0.3 is 0 Å². The van der Waals surface area contributed by atoms with Crippen molar-refractivity contribution in [3.8, 4) is 5.75 Å². The van der Waals surface area contributed by atoms with E-state index >= 15 is 0 Å². The monoisotopic (exact) mass is 388 g/mol. The van der Waals surface area contributed by atoms with Crippen LogP contribution < -0.4 is 15.4 Å². The molecule has 1 aromatic heterocycles. The molecule has 146 valence electrons. The second kappa shape index (κ2) is 9.38. The third kappa shape index (κ3) is 5.33. The molecule has 0 bridgehead atoms. The van der Waals surface area contributed by atoms with Crippen LogP contribution in [0, 0.1) is 19.8 Å². The summed E-state index contributed by atoms with van der Waals surface area (Å²) < 4.78 is 5.98. The highest BCUT2D eigenvalue weighted by molar-refractivity contribution is 6.30. The normalized spacial score (nSPS) is 15.2. The summed E-state index contributed by atoms with van der Waals surface area (Å²) in [5, 5.41) is 0.580. The largest absolute Gasteiger partial charge is 0.494 e. The molecule has 1 aliphatic rings. The van der Waals surface area contributed by atoms with E-state index in [4.69, 9.17) is 22.1 Å². The van der Waals surface area contributed by atoms with E-state index in [0.29, 0.717) is 11.6 Å². The summed E-state index contributed by atoms with van der Waals surface area (Å²) in [7, 11) is 0. The number of nitrogens with zero attached hydrogens (tertiary/aromatic N) is 3. The molecule has 2 aromatic rings. The van der Waals surface area contributed by atoms with Gasteiger partial charge in [0.05, 0.1) is 24.0 Å².